The van der Waals surface area contributed by atoms with E-state index in [0.29, 0.717) is 5.69 Å². The molecule has 0 aliphatic heterocycles. The average molecular weight is 335 g/mol. The first-order valence-electron chi connectivity index (χ1n) is 5.31. The molecule has 2 N–H and O–H groups in total. The SMILES string of the molecule is CS(=O)(=O)CCNCC(=O)Nc1ccc(Br)cc1. The third-order valence-electron chi connectivity index (χ3n) is 2.06. The molecule has 5 nitrogen and oxygen atoms in total. The molecule has 0 atom stereocenters. The van der Waals surface area contributed by atoms with Crippen molar-refractivity contribution in [2.24, 2.45) is 0 Å². The Morgan fingerprint density at radius 3 is 2.44 bits per heavy atom. The molecule has 1 aromatic carbocycles. The van der Waals surface area contributed by atoms with Crippen LogP contribution in [0, 0.1) is 0 Å². The van der Waals surface area contributed by atoms with Gasteiger partial charge in [-0.1, -0.05) is 15.9 Å². The molecular weight excluding hydrogens is 320 g/mol. The number of nitrogens with one attached hydrogen (secondary N) is 2. The highest BCUT2D eigenvalue weighted by Crippen LogP contribution is 2.13. The van der Waals surface area contributed by atoms with E-state index in [9.17, 15) is 13.2 Å². The van der Waals surface area contributed by atoms with Crippen LogP contribution in [0.25, 0.3) is 0 Å². The Morgan fingerprint density at radius 2 is 1.89 bits per heavy atom. The minimum absolute atomic E-state index is 0.0264. The zero-order valence-corrected chi connectivity index (χ0v) is 12.3. The maximum absolute atomic E-state index is 11.5. The molecule has 0 aliphatic rings. The van der Waals surface area contributed by atoms with Gasteiger partial charge < -0.3 is 10.6 Å². The maximum atomic E-state index is 11.5. The molecule has 0 saturated carbocycles. The topological polar surface area (TPSA) is 75.3 Å². The van der Waals surface area contributed by atoms with Gasteiger partial charge in [-0.3, -0.25) is 4.79 Å². The van der Waals surface area contributed by atoms with Crippen LogP contribution in [0.2, 0.25) is 0 Å². The first kappa shape index (κ1) is 15.1. The van der Waals surface area contributed by atoms with E-state index in [-0.39, 0.29) is 24.7 Å². The van der Waals surface area contributed by atoms with Crippen LogP contribution in [0.4, 0.5) is 5.69 Å². The van der Waals surface area contributed by atoms with Crippen LogP contribution in [0.1, 0.15) is 0 Å². The molecule has 0 fully saturated rings. The highest BCUT2D eigenvalue weighted by Gasteiger charge is 2.04. The van der Waals surface area contributed by atoms with Crippen LogP contribution in [-0.4, -0.2) is 39.4 Å². The van der Waals surface area contributed by atoms with Crippen LogP contribution in [0.5, 0.6) is 0 Å². The lowest BCUT2D eigenvalue weighted by molar-refractivity contribution is -0.115. The normalized spacial score (nSPS) is 11.2. The Hall–Kier alpha value is -0.920. The van der Waals surface area contributed by atoms with Gasteiger partial charge in [0.1, 0.15) is 9.84 Å². The van der Waals surface area contributed by atoms with Gasteiger partial charge in [-0.15, -0.1) is 0 Å². The number of sulfone groups is 1. The Kier molecular flexibility index (Phi) is 5.77. The van der Waals surface area contributed by atoms with Crippen molar-refractivity contribution in [2.45, 2.75) is 0 Å². The molecule has 0 spiro atoms. The van der Waals surface area contributed by atoms with Gasteiger partial charge in [0.05, 0.1) is 12.3 Å². The van der Waals surface area contributed by atoms with Crippen LogP contribution in [-0.2, 0) is 14.6 Å². The second-order valence-corrected chi connectivity index (χ2v) is 7.04. The van der Waals surface area contributed by atoms with Gasteiger partial charge in [0.15, 0.2) is 0 Å². The molecule has 1 rings (SSSR count). The van der Waals surface area contributed by atoms with Gasteiger partial charge in [-0.05, 0) is 24.3 Å². The molecule has 0 aromatic heterocycles. The molecule has 7 heteroatoms. The summed E-state index contributed by atoms with van der Waals surface area (Å²) in [5, 5.41) is 5.47. The molecule has 0 unspecified atom stereocenters. The van der Waals surface area contributed by atoms with Crippen LogP contribution >= 0.6 is 15.9 Å². The molecule has 100 valence electrons. The van der Waals surface area contributed by atoms with Gasteiger partial charge in [-0.2, -0.15) is 0 Å². The standard InChI is InChI=1S/C11H15BrN2O3S/c1-18(16,17)7-6-13-8-11(15)14-10-4-2-9(12)3-5-10/h2-5,13H,6-8H2,1H3,(H,14,15). The molecule has 0 radical (unpaired) electrons. The smallest absolute Gasteiger partial charge is 0.238 e. The van der Waals surface area contributed by atoms with Gasteiger partial charge >= 0.3 is 0 Å². The van der Waals surface area contributed by atoms with Crippen molar-refractivity contribution >= 4 is 37.4 Å². The van der Waals surface area contributed by atoms with Crippen molar-refractivity contribution < 1.29 is 13.2 Å². The number of amides is 1. The van der Waals surface area contributed by atoms with E-state index in [1.54, 1.807) is 12.1 Å². The van der Waals surface area contributed by atoms with Crippen molar-refractivity contribution in [2.75, 3.05) is 30.4 Å². The van der Waals surface area contributed by atoms with Crippen LogP contribution < -0.4 is 10.6 Å². The number of benzene rings is 1. The number of carbonyl (C=O) groups is 1. The molecule has 0 saturated heterocycles. The molecule has 0 aliphatic carbocycles. The number of hydrogen-bond acceptors (Lipinski definition) is 4. The Labute approximate surface area is 115 Å². The first-order valence-corrected chi connectivity index (χ1v) is 8.16. The fourth-order valence-corrected chi connectivity index (χ4v) is 1.98. The number of halogens is 1. The van der Waals surface area contributed by atoms with Gasteiger partial charge in [0, 0.05) is 23.0 Å². The molecule has 1 amide bonds. The summed E-state index contributed by atoms with van der Waals surface area (Å²) >= 11 is 3.30. The van der Waals surface area contributed by atoms with Crippen molar-refractivity contribution in [3.05, 3.63) is 28.7 Å². The summed E-state index contributed by atoms with van der Waals surface area (Å²) < 4.78 is 22.6. The first-order chi connectivity index (χ1) is 8.37. The third kappa shape index (κ3) is 6.73. The minimum atomic E-state index is -2.99. The average Bonchev–Trinajstić information content (AvgIpc) is 2.26. The Balaban J connectivity index is 2.28. The molecule has 18 heavy (non-hydrogen) atoms. The summed E-state index contributed by atoms with van der Waals surface area (Å²) in [6.07, 6.45) is 1.16. The van der Waals surface area contributed by atoms with Gasteiger partial charge in [-0.25, -0.2) is 8.42 Å². The number of carbonyl (C=O) groups excluding carboxylic acids is 1. The summed E-state index contributed by atoms with van der Waals surface area (Å²) in [5.74, 6) is -0.177. The molecule has 1 aromatic rings. The second kappa shape index (κ2) is 6.86. The van der Waals surface area contributed by atoms with Crippen molar-refractivity contribution in [3.8, 4) is 0 Å². The predicted molar refractivity (Wildman–Crippen MR) is 75.4 cm³/mol. The minimum Gasteiger partial charge on any atom is -0.325 e. The largest absolute Gasteiger partial charge is 0.325 e. The van der Waals surface area contributed by atoms with Crippen LogP contribution in [0.3, 0.4) is 0 Å². The van der Waals surface area contributed by atoms with Crippen LogP contribution in [0.15, 0.2) is 28.7 Å². The summed E-state index contributed by atoms with van der Waals surface area (Å²) in [4.78, 5) is 11.5. The van der Waals surface area contributed by atoms with E-state index in [2.05, 4.69) is 26.6 Å². The fourth-order valence-electron chi connectivity index (χ4n) is 1.20. The summed E-state index contributed by atoms with van der Waals surface area (Å²) in [7, 11) is -2.99. The third-order valence-corrected chi connectivity index (χ3v) is 3.54. The van der Waals surface area contributed by atoms with E-state index < -0.39 is 9.84 Å². The number of rotatable bonds is 6. The highest BCUT2D eigenvalue weighted by atomic mass is 79.9. The van der Waals surface area contributed by atoms with E-state index in [0.717, 1.165) is 10.7 Å². The van der Waals surface area contributed by atoms with E-state index in [1.165, 1.54) is 0 Å². The number of hydrogen-bond donors (Lipinski definition) is 2. The maximum Gasteiger partial charge on any atom is 0.238 e. The van der Waals surface area contributed by atoms with Gasteiger partial charge in [0.25, 0.3) is 0 Å². The van der Waals surface area contributed by atoms with Crippen molar-refractivity contribution in [3.63, 3.8) is 0 Å². The quantitative estimate of drug-likeness (QED) is 0.761. The summed E-state index contributed by atoms with van der Waals surface area (Å²) in [6.45, 7) is 0.359. The fraction of sp³-hybridized carbons (Fsp3) is 0.364. The van der Waals surface area contributed by atoms with Crippen molar-refractivity contribution in [1.29, 1.82) is 0 Å². The lowest BCUT2D eigenvalue weighted by atomic mass is 10.3. The van der Waals surface area contributed by atoms with Gasteiger partial charge in [0.2, 0.25) is 5.91 Å². The van der Waals surface area contributed by atoms with Crippen molar-refractivity contribution in [1.82, 2.24) is 5.32 Å². The zero-order chi connectivity index (χ0) is 13.6. The molecule has 0 bridgehead atoms. The monoisotopic (exact) mass is 334 g/mol. The van der Waals surface area contributed by atoms with E-state index in [4.69, 9.17) is 0 Å². The van der Waals surface area contributed by atoms with E-state index in [1.807, 2.05) is 12.1 Å². The zero-order valence-electron chi connectivity index (χ0n) is 9.94. The Bertz CT molecular complexity index is 500. The lowest BCUT2D eigenvalue weighted by Crippen LogP contribution is -2.31. The lowest BCUT2D eigenvalue weighted by Gasteiger charge is -2.06. The highest BCUT2D eigenvalue weighted by molar-refractivity contribution is 9.10. The second-order valence-electron chi connectivity index (χ2n) is 3.86. The van der Waals surface area contributed by atoms with E-state index >= 15 is 0 Å². The summed E-state index contributed by atoms with van der Waals surface area (Å²) in [5.41, 5.74) is 0.702. The summed E-state index contributed by atoms with van der Waals surface area (Å²) in [6, 6.07) is 7.20. The molecular formula is C11H15BrN2O3S. The molecule has 0 heterocycles. The predicted octanol–water partition coefficient (Wildman–Crippen LogP) is 1.02. The number of anilines is 1. The Morgan fingerprint density at radius 1 is 1.28 bits per heavy atom.